The van der Waals surface area contributed by atoms with Crippen molar-refractivity contribution in [2.75, 3.05) is 11.1 Å². The number of carbonyl (C=O) groups excluding carboxylic acids is 1. The Hall–Kier alpha value is -2.03. The lowest BCUT2D eigenvalue weighted by Crippen LogP contribution is -2.19. The van der Waals surface area contributed by atoms with Crippen LogP contribution in [0.25, 0.3) is 0 Å². The Morgan fingerprint density at radius 1 is 1.24 bits per heavy atom. The number of benzene rings is 2. The number of thioether (sulfide) groups is 1. The number of carbonyl (C=O) groups is 1. The molecule has 0 aliphatic heterocycles. The molecule has 2 rings (SSSR count). The number of aryl methyl sites for hydroxylation is 1. The summed E-state index contributed by atoms with van der Waals surface area (Å²) in [4.78, 5) is 11.0. The Kier molecular flexibility index (Phi) is 6.46. The van der Waals surface area contributed by atoms with E-state index in [9.17, 15) is 13.2 Å². The molecule has 132 valence electrons. The highest BCUT2D eigenvalue weighted by molar-refractivity contribution is 8.14. The summed E-state index contributed by atoms with van der Waals surface area (Å²) in [5, 5.41) is 2.73. The summed E-state index contributed by atoms with van der Waals surface area (Å²) in [6.07, 6.45) is 0. The van der Waals surface area contributed by atoms with Crippen molar-refractivity contribution in [2.45, 2.75) is 11.8 Å². The number of nitrogens with one attached hydrogen (secondary N) is 1. The number of nitrogens with two attached hydrogens (primary N) is 1. The maximum absolute atomic E-state index is 12.5. The van der Waals surface area contributed by atoms with E-state index in [2.05, 4.69) is 9.71 Å². The zero-order chi connectivity index (χ0) is 18.4. The molecule has 0 saturated carbocycles. The molecule has 0 heterocycles. The minimum atomic E-state index is -3.95. The Morgan fingerprint density at radius 2 is 1.92 bits per heavy atom. The van der Waals surface area contributed by atoms with Crippen LogP contribution in [0.15, 0.2) is 57.8 Å². The van der Waals surface area contributed by atoms with Crippen LogP contribution in [0.2, 0.25) is 5.02 Å². The molecule has 0 radical (unpaired) electrons. The molecule has 3 N–H and O–H groups in total. The highest BCUT2D eigenvalue weighted by Crippen LogP contribution is 2.18. The molecular formula is C16H16ClN3O3S2. The van der Waals surface area contributed by atoms with Crippen molar-refractivity contribution in [1.82, 2.24) is 0 Å². The van der Waals surface area contributed by atoms with Crippen molar-refractivity contribution in [3.8, 4) is 0 Å². The molecule has 6 nitrogen and oxygen atoms in total. The van der Waals surface area contributed by atoms with E-state index in [4.69, 9.17) is 17.3 Å². The Balaban J connectivity index is 2.34. The molecule has 9 heteroatoms. The molecule has 2 aromatic rings. The van der Waals surface area contributed by atoms with Crippen molar-refractivity contribution in [2.24, 2.45) is 10.1 Å². The van der Waals surface area contributed by atoms with Gasteiger partial charge >= 0.3 is 0 Å². The van der Waals surface area contributed by atoms with E-state index in [1.807, 2.05) is 25.1 Å². The number of amidine groups is 1. The van der Waals surface area contributed by atoms with E-state index >= 15 is 0 Å². The average molecular weight is 398 g/mol. The second-order valence-electron chi connectivity index (χ2n) is 5.07. The first kappa shape index (κ1) is 19.3. The molecule has 2 aromatic carbocycles. The summed E-state index contributed by atoms with van der Waals surface area (Å²) >= 11 is 6.54. The monoisotopic (exact) mass is 397 g/mol. The SMILES string of the molecule is Cc1cccc(N/C(CSC(N)=O)=N\S(=O)(=O)c2ccc(Cl)cc2)c1. The fourth-order valence-electron chi connectivity index (χ4n) is 1.92. The van der Waals surface area contributed by atoms with Gasteiger partial charge in [0.05, 0.1) is 10.6 Å². The summed E-state index contributed by atoms with van der Waals surface area (Å²) < 4.78 is 28.7. The van der Waals surface area contributed by atoms with Crippen molar-refractivity contribution in [3.05, 3.63) is 59.1 Å². The molecule has 0 saturated heterocycles. The minimum Gasteiger partial charge on any atom is -0.361 e. The zero-order valence-corrected chi connectivity index (χ0v) is 15.7. The van der Waals surface area contributed by atoms with Gasteiger partial charge in [0.2, 0.25) is 0 Å². The predicted molar refractivity (Wildman–Crippen MR) is 103 cm³/mol. The van der Waals surface area contributed by atoms with Gasteiger partial charge in [0.1, 0.15) is 5.84 Å². The van der Waals surface area contributed by atoms with Crippen LogP contribution in [-0.4, -0.2) is 25.2 Å². The van der Waals surface area contributed by atoms with E-state index in [0.717, 1.165) is 17.3 Å². The third kappa shape index (κ3) is 6.08. The van der Waals surface area contributed by atoms with Crippen LogP contribution < -0.4 is 11.1 Å². The van der Waals surface area contributed by atoms with E-state index in [1.165, 1.54) is 24.3 Å². The van der Waals surface area contributed by atoms with Gasteiger partial charge in [-0.1, -0.05) is 35.5 Å². The Labute approximate surface area is 155 Å². The normalized spacial score (nSPS) is 12.0. The third-order valence-electron chi connectivity index (χ3n) is 3.00. The van der Waals surface area contributed by atoms with Crippen LogP contribution in [0.3, 0.4) is 0 Å². The van der Waals surface area contributed by atoms with Gasteiger partial charge in [-0.2, -0.15) is 8.42 Å². The van der Waals surface area contributed by atoms with E-state index in [-0.39, 0.29) is 16.5 Å². The first-order valence-electron chi connectivity index (χ1n) is 7.11. The Morgan fingerprint density at radius 3 is 2.52 bits per heavy atom. The lowest BCUT2D eigenvalue weighted by Gasteiger charge is -2.10. The van der Waals surface area contributed by atoms with Crippen molar-refractivity contribution in [3.63, 3.8) is 0 Å². The smallest absolute Gasteiger partial charge is 0.283 e. The highest BCUT2D eigenvalue weighted by atomic mass is 35.5. The summed E-state index contributed by atoms with van der Waals surface area (Å²) in [7, 11) is -3.95. The van der Waals surface area contributed by atoms with E-state index < -0.39 is 15.3 Å². The van der Waals surface area contributed by atoms with Gasteiger partial charge in [-0.15, -0.1) is 4.40 Å². The fraction of sp³-hybridized carbons (Fsp3) is 0.125. The van der Waals surface area contributed by atoms with Gasteiger partial charge in [0.15, 0.2) is 0 Å². The van der Waals surface area contributed by atoms with Crippen LogP contribution >= 0.6 is 23.4 Å². The van der Waals surface area contributed by atoms with Crippen LogP contribution in [0, 0.1) is 6.92 Å². The summed E-state index contributed by atoms with van der Waals surface area (Å²) in [5.41, 5.74) is 6.78. The number of halogens is 1. The molecule has 0 aliphatic carbocycles. The molecule has 25 heavy (non-hydrogen) atoms. The maximum atomic E-state index is 12.5. The molecule has 0 atom stereocenters. The lowest BCUT2D eigenvalue weighted by atomic mass is 10.2. The quantitative estimate of drug-likeness (QED) is 0.592. The first-order valence-corrected chi connectivity index (χ1v) is 9.92. The highest BCUT2D eigenvalue weighted by Gasteiger charge is 2.15. The molecule has 0 aromatic heterocycles. The second kappa shape index (κ2) is 8.37. The van der Waals surface area contributed by atoms with Gasteiger partial charge in [-0.3, -0.25) is 4.79 Å². The van der Waals surface area contributed by atoms with Crippen molar-refractivity contribution >= 4 is 50.1 Å². The van der Waals surface area contributed by atoms with Crippen molar-refractivity contribution < 1.29 is 13.2 Å². The minimum absolute atomic E-state index is 0.00387. The average Bonchev–Trinajstić information content (AvgIpc) is 2.53. The number of rotatable bonds is 5. The second-order valence-corrected chi connectivity index (χ2v) is 8.09. The van der Waals surface area contributed by atoms with Gasteiger partial charge < -0.3 is 11.1 Å². The van der Waals surface area contributed by atoms with Gasteiger partial charge in [0.25, 0.3) is 15.3 Å². The molecule has 0 spiro atoms. The zero-order valence-electron chi connectivity index (χ0n) is 13.3. The van der Waals surface area contributed by atoms with Crippen LogP contribution in [-0.2, 0) is 10.0 Å². The van der Waals surface area contributed by atoms with Crippen LogP contribution in [0.1, 0.15) is 5.56 Å². The van der Waals surface area contributed by atoms with Gasteiger partial charge in [0, 0.05) is 10.7 Å². The Bertz CT molecular complexity index is 897. The number of hydrogen-bond donors (Lipinski definition) is 2. The summed E-state index contributed by atoms with van der Waals surface area (Å²) in [6, 6.07) is 13.0. The largest absolute Gasteiger partial charge is 0.361 e. The number of anilines is 1. The molecule has 0 fully saturated rings. The number of hydrogen-bond acceptors (Lipinski definition) is 4. The molecule has 0 unspecified atom stereocenters. The van der Waals surface area contributed by atoms with Crippen molar-refractivity contribution in [1.29, 1.82) is 0 Å². The van der Waals surface area contributed by atoms with Crippen LogP contribution in [0.4, 0.5) is 10.5 Å². The number of amides is 1. The number of primary amides is 1. The number of sulfonamides is 1. The predicted octanol–water partition coefficient (Wildman–Crippen LogP) is 3.66. The molecule has 0 aliphatic rings. The van der Waals surface area contributed by atoms with Gasteiger partial charge in [-0.25, -0.2) is 0 Å². The first-order chi connectivity index (χ1) is 11.8. The molecule has 1 amide bonds. The maximum Gasteiger partial charge on any atom is 0.283 e. The third-order valence-corrected chi connectivity index (χ3v) is 5.28. The van der Waals surface area contributed by atoms with Crippen LogP contribution in [0.5, 0.6) is 0 Å². The van der Waals surface area contributed by atoms with E-state index in [1.54, 1.807) is 6.07 Å². The summed E-state index contributed by atoms with van der Waals surface area (Å²) in [5.74, 6) is 0.0974. The van der Waals surface area contributed by atoms with E-state index in [0.29, 0.717) is 10.7 Å². The fourth-order valence-corrected chi connectivity index (χ4v) is 3.53. The standard InChI is InChI=1S/C16H16ClN3O3S2/c1-11-3-2-4-13(9-11)19-15(10-24-16(18)21)20-25(22,23)14-7-5-12(17)6-8-14/h2-9H,10H2,1H3,(H2,18,21)(H,19,20). The lowest BCUT2D eigenvalue weighted by molar-refractivity contribution is 0.267. The summed E-state index contributed by atoms with van der Waals surface area (Å²) in [6.45, 7) is 1.91. The molecule has 0 bridgehead atoms. The van der Waals surface area contributed by atoms with Gasteiger partial charge in [-0.05, 0) is 48.9 Å². The topological polar surface area (TPSA) is 102 Å². The number of nitrogens with zero attached hydrogens (tertiary/aromatic N) is 1. The molecular weight excluding hydrogens is 382 g/mol.